The van der Waals surface area contributed by atoms with Crippen molar-refractivity contribution in [1.82, 2.24) is 14.5 Å². The van der Waals surface area contributed by atoms with E-state index in [1.807, 2.05) is 30.5 Å². The van der Waals surface area contributed by atoms with E-state index in [0.29, 0.717) is 13.1 Å². The molecule has 1 N–H and O–H groups in total. The largest absolute Gasteiger partial charge is 0.348 e. The highest BCUT2D eigenvalue weighted by atomic mass is 19.1. The molecule has 0 unspecified atom stereocenters. The van der Waals surface area contributed by atoms with Crippen LogP contribution in [0.4, 0.5) is 19.3 Å². The summed E-state index contributed by atoms with van der Waals surface area (Å²) in [6.45, 7) is 1.02. The van der Waals surface area contributed by atoms with E-state index in [4.69, 9.17) is 0 Å². The van der Waals surface area contributed by atoms with Crippen LogP contribution in [0.15, 0.2) is 61.1 Å². The maximum Gasteiger partial charge on any atom is 0.322 e. The predicted molar refractivity (Wildman–Crippen MR) is 92.6 cm³/mol. The van der Waals surface area contributed by atoms with E-state index in [0.717, 1.165) is 23.4 Å². The molecule has 132 valence electrons. The molecular formula is C19H16F2N4O. The molecule has 2 amide bonds. The lowest BCUT2D eigenvalue weighted by atomic mass is 10.0. The van der Waals surface area contributed by atoms with Gasteiger partial charge >= 0.3 is 6.03 Å². The van der Waals surface area contributed by atoms with Crippen molar-refractivity contribution in [3.8, 4) is 0 Å². The average molecular weight is 354 g/mol. The summed E-state index contributed by atoms with van der Waals surface area (Å²) in [5.41, 5.74) is 1.38. The molecule has 0 radical (unpaired) electrons. The van der Waals surface area contributed by atoms with Gasteiger partial charge in [-0.2, -0.15) is 0 Å². The first-order valence-corrected chi connectivity index (χ1v) is 8.22. The first kappa shape index (κ1) is 16.3. The fourth-order valence-electron chi connectivity index (χ4n) is 3.29. The fraction of sp³-hybridized carbons (Fsp3) is 0.158. The number of hydrogen-bond donors (Lipinski definition) is 1. The molecule has 5 nitrogen and oxygen atoms in total. The summed E-state index contributed by atoms with van der Waals surface area (Å²) >= 11 is 0. The second-order valence-electron chi connectivity index (χ2n) is 6.03. The standard InChI is InChI=1S/C19H16F2N4O/c20-14-3-1-4-15(21)17(14)23-19(26)25-12-11-24-10-2-5-16(24)18(25)13-6-8-22-9-7-13/h1-10,18H,11-12H2,(H,23,26)/t18-/m0/s1. The van der Waals surface area contributed by atoms with Crippen molar-refractivity contribution in [2.45, 2.75) is 12.6 Å². The van der Waals surface area contributed by atoms with Crippen LogP contribution in [0, 0.1) is 11.6 Å². The Kier molecular flexibility index (Phi) is 4.12. The van der Waals surface area contributed by atoms with Gasteiger partial charge in [0, 0.05) is 37.4 Å². The monoisotopic (exact) mass is 354 g/mol. The van der Waals surface area contributed by atoms with Crippen LogP contribution < -0.4 is 5.32 Å². The summed E-state index contributed by atoms with van der Waals surface area (Å²) in [5.74, 6) is -1.61. The van der Waals surface area contributed by atoms with Gasteiger partial charge in [-0.05, 0) is 42.0 Å². The molecule has 3 heterocycles. The molecule has 0 saturated heterocycles. The summed E-state index contributed by atoms with van der Waals surface area (Å²) in [6.07, 6.45) is 5.27. The maximum absolute atomic E-state index is 13.9. The van der Waals surface area contributed by atoms with Gasteiger partial charge in [-0.25, -0.2) is 13.6 Å². The lowest BCUT2D eigenvalue weighted by Gasteiger charge is -2.37. The van der Waals surface area contributed by atoms with Crippen molar-refractivity contribution in [3.05, 3.63) is 83.9 Å². The molecule has 0 fully saturated rings. The van der Waals surface area contributed by atoms with Crippen LogP contribution in [-0.4, -0.2) is 27.0 Å². The second-order valence-corrected chi connectivity index (χ2v) is 6.03. The Bertz CT molecular complexity index is 921. The zero-order chi connectivity index (χ0) is 18.1. The summed E-state index contributed by atoms with van der Waals surface area (Å²) in [5, 5.41) is 2.38. The zero-order valence-corrected chi connectivity index (χ0v) is 13.8. The van der Waals surface area contributed by atoms with Gasteiger partial charge in [0.1, 0.15) is 17.3 Å². The number of fused-ring (bicyclic) bond motifs is 1. The number of nitrogens with one attached hydrogen (secondary N) is 1. The minimum atomic E-state index is -0.806. The van der Waals surface area contributed by atoms with Gasteiger partial charge in [0.15, 0.2) is 0 Å². The van der Waals surface area contributed by atoms with Gasteiger partial charge in [0.25, 0.3) is 0 Å². The SMILES string of the molecule is O=C(Nc1c(F)cccc1F)N1CCn2cccc2[C@@H]1c1ccncc1. The van der Waals surface area contributed by atoms with E-state index in [-0.39, 0.29) is 6.04 Å². The van der Waals surface area contributed by atoms with E-state index in [2.05, 4.69) is 14.9 Å². The molecule has 1 aliphatic heterocycles. The minimum Gasteiger partial charge on any atom is -0.348 e. The van der Waals surface area contributed by atoms with Gasteiger partial charge in [-0.3, -0.25) is 4.98 Å². The number of para-hydroxylation sites is 1. The number of hydrogen-bond acceptors (Lipinski definition) is 2. The third-order valence-corrected chi connectivity index (χ3v) is 4.52. The topological polar surface area (TPSA) is 50.2 Å². The Hall–Kier alpha value is -3.22. The molecule has 1 aromatic carbocycles. The number of benzene rings is 1. The van der Waals surface area contributed by atoms with Crippen LogP contribution in [0.1, 0.15) is 17.3 Å². The maximum atomic E-state index is 13.9. The van der Waals surface area contributed by atoms with Crippen molar-refractivity contribution in [2.24, 2.45) is 0 Å². The number of aromatic nitrogens is 2. The quantitative estimate of drug-likeness (QED) is 0.761. The molecule has 0 aliphatic carbocycles. The first-order valence-electron chi connectivity index (χ1n) is 8.22. The van der Waals surface area contributed by atoms with Crippen LogP contribution in [0.5, 0.6) is 0 Å². The van der Waals surface area contributed by atoms with E-state index in [9.17, 15) is 13.6 Å². The van der Waals surface area contributed by atoms with Crippen molar-refractivity contribution in [2.75, 3.05) is 11.9 Å². The van der Waals surface area contributed by atoms with E-state index >= 15 is 0 Å². The lowest BCUT2D eigenvalue weighted by Crippen LogP contribution is -2.44. The molecule has 3 aromatic rings. The molecule has 26 heavy (non-hydrogen) atoms. The summed E-state index contributed by atoms with van der Waals surface area (Å²) in [4.78, 5) is 18.4. The number of carbonyl (C=O) groups excluding carboxylic acids is 1. The number of urea groups is 1. The molecule has 2 aromatic heterocycles. The Morgan fingerprint density at radius 3 is 2.50 bits per heavy atom. The third kappa shape index (κ3) is 2.81. The Labute approximate surface area is 148 Å². The van der Waals surface area contributed by atoms with Crippen LogP contribution in [0.2, 0.25) is 0 Å². The van der Waals surface area contributed by atoms with Crippen LogP contribution in [-0.2, 0) is 6.54 Å². The fourth-order valence-corrected chi connectivity index (χ4v) is 3.29. The van der Waals surface area contributed by atoms with Crippen LogP contribution in [0.3, 0.4) is 0 Å². The lowest BCUT2D eigenvalue weighted by molar-refractivity contribution is 0.181. The van der Waals surface area contributed by atoms with Gasteiger partial charge in [0.05, 0.1) is 6.04 Å². The predicted octanol–water partition coefficient (Wildman–Crippen LogP) is 3.80. The zero-order valence-electron chi connectivity index (χ0n) is 13.8. The molecule has 0 spiro atoms. The van der Waals surface area contributed by atoms with Crippen LogP contribution >= 0.6 is 0 Å². The van der Waals surface area contributed by atoms with Crippen molar-refractivity contribution in [1.29, 1.82) is 0 Å². The van der Waals surface area contributed by atoms with Crippen molar-refractivity contribution < 1.29 is 13.6 Å². The first-order chi connectivity index (χ1) is 12.6. The number of rotatable bonds is 2. The highest BCUT2D eigenvalue weighted by Gasteiger charge is 2.32. The second kappa shape index (κ2) is 6.59. The molecule has 0 saturated carbocycles. The number of pyridine rings is 1. The Morgan fingerprint density at radius 1 is 1.04 bits per heavy atom. The van der Waals surface area contributed by atoms with E-state index in [1.165, 1.54) is 6.07 Å². The highest BCUT2D eigenvalue weighted by molar-refractivity contribution is 5.90. The van der Waals surface area contributed by atoms with Crippen molar-refractivity contribution in [3.63, 3.8) is 0 Å². The highest BCUT2D eigenvalue weighted by Crippen LogP contribution is 2.33. The molecule has 7 heteroatoms. The molecule has 1 atom stereocenters. The van der Waals surface area contributed by atoms with E-state index in [1.54, 1.807) is 17.3 Å². The molecule has 4 rings (SSSR count). The average Bonchev–Trinajstić information content (AvgIpc) is 3.13. The number of halogens is 2. The van der Waals surface area contributed by atoms with Gasteiger partial charge in [-0.15, -0.1) is 0 Å². The molecule has 1 aliphatic rings. The number of nitrogens with zero attached hydrogens (tertiary/aromatic N) is 3. The number of carbonyl (C=O) groups is 1. The summed E-state index contributed by atoms with van der Waals surface area (Å²) in [7, 11) is 0. The number of anilines is 1. The third-order valence-electron chi connectivity index (χ3n) is 4.52. The minimum absolute atomic E-state index is 0.364. The van der Waals surface area contributed by atoms with Crippen LogP contribution in [0.25, 0.3) is 0 Å². The number of amides is 2. The molecular weight excluding hydrogens is 338 g/mol. The summed E-state index contributed by atoms with van der Waals surface area (Å²) < 4.78 is 29.9. The Morgan fingerprint density at radius 2 is 1.77 bits per heavy atom. The van der Waals surface area contributed by atoms with Gasteiger partial charge in [0.2, 0.25) is 0 Å². The normalized spacial score (nSPS) is 16.2. The van der Waals surface area contributed by atoms with Gasteiger partial charge in [-0.1, -0.05) is 6.07 Å². The van der Waals surface area contributed by atoms with Crippen molar-refractivity contribution >= 4 is 11.7 Å². The van der Waals surface area contributed by atoms with Gasteiger partial charge < -0.3 is 14.8 Å². The molecule has 0 bridgehead atoms. The van der Waals surface area contributed by atoms with E-state index < -0.39 is 23.4 Å². The summed E-state index contributed by atoms with van der Waals surface area (Å²) in [6, 6.07) is 10.1. The Balaban J connectivity index is 1.69. The smallest absolute Gasteiger partial charge is 0.322 e.